The normalized spacial score (nSPS) is 18.9. The van der Waals surface area contributed by atoms with E-state index < -0.39 is 41.8 Å². The van der Waals surface area contributed by atoms with Crippen molar-refractivity contribution in [2.75, 3.05) is 0 Å². The summed E-state index contributed by atoms with van der Waals surface area (Å²) < 4.78 is 5.91. The predicted molar refractivity (Wildman–Crippen MR) is 170 cm³/mol. The van der Waals surface area contributed by atoms with Crippen molar-refractivity contribution in [3.8, 4) is 28.5 Å². The van der Waals surface area contributed by atoms with Gasteiger partial charge in [-0.2, -0.15) is 5.10 Å². The SMILES string of the molecule is CC(C)[C@@H]1NC(=O)c2cc(ccc2O)Oc2ccc(cc2)C[C@H](C(=O)NCc2cc(-c3ccccc3)n[nH]2)NC(=O)[C@H](C)NC1=O. The second-order valence-electron chi connectivity index (χ2n) is 11.5. The zero-order valence-electron chi connectivity index (χ0n) is 25.7. The Bertz CT molecular complexity index is 1720. The second-order valence-corrected chi connectivity index (χ2v) is 11.5. The number of aromatic hydroxyl groups is 1. The monoisotopic (exact) mass is 624 g/mol. The fraction of sp³-hybridized carbons (Fsp3) is 0.265. The fourth-order valence-electron chi connectivity index (χ4n) is 4.97. The Morgan fingerprint density at radius 2 is 1.65 bits per heavy atom. The molecular formula is C34H36N6O6. The molecule has 4 bridgehead atoms. The van der Waals surface area contributed by atoms with Crippen molar-refractivity contribution in [2.24, 2.45) is 5.92 Å². The maximum absolute atomic E-state index is 13.5. The summed E-state index contributed by atoms with van der Waals surface area (Å²) in [7, 11) is 0. The van der Waals surface area contributed by atoms with Crippen LogP contribution < -0.4 is 26.0 Å². The largest absolute Gasteiger partial charge is 0.507 e. The molecule has 0 saturated heterocycles. The van der Waals surface area contributed by atoms with Gasteiger partial charge in [0.2, 0.25) is 17.7 Å². The molecule has 0 fully saturated rings. The number of hydrogen-bond donors (Lipinski definition) is 6. The lowest BCUT2D eigenvalue weighted by atomic mass is 10.0. The highest BCUT2D eigenvalue weighted by Crippen LogP contribution is 2.28. The van der Waals surface area contributed by atoms with Gasteiger partial charge in [-0.1, -0.05) is 56.3 Å². The van der Waals surface area contributed by atoms with Crippen LogP contribution in [0, 0.1) is 5.92 Å². The minimum absolute atomic E-state index is 0.0697. The minimum atomic E-state index is -1.03. The van der Waals surface area contributed by atoms with E-state index in [1.54, 1.807) is 38.1 Å². The van der Waals surface area contributed by atoms with Crippen LogP contribution in [0.3, 0.4) is 0 Å². The van der Waals surface area contributed by atoms with E-state index in [0.717, 1.165) is 16.8 Å². The van der Waals surface area contributed by atoms with Gasteiger partial charge in [0.25, 0.3) is 5.91 Å². The molecule has 4 amide bonds. The highest BCUT2D eigenvalue weighted by molar-refractivity contribution is 6.00. The smallest absolute Gasteiger partial charge is 0.255 e. The third-order valence-electron chi connectivity index (χ3n) is 7.59. The Hall–Kier alpha value is -5.65. The summed E-state index contributed by atoms with van der Waals surface area (Å²) in [6.07, 6.45) is 0.158. The van der Waals surface area contributed by atoms with E-state index in [1.165, 1.54) is 25.1 Å². The van der Waals surface area contributed by atoms with Gasteiger partial charge in [0.1, 0.15) is 35.4 Å². The average Bonchev–Trinajstić information content (AvgIpc) is 3.52. The minimum Gasteiger partial charge on any atom is -0.507 e. The molecule has 238 valence electrons. The number of aromatic amines is 1. The molecule has 12 nitrogen and oxygen atoms in total. The lowest BCUT2D eigenvalue weighted by molar-refractivity contribution is -0.132. The van der Waals surface area contributed by atoms with Crippen LogP contribution in [0.1, 0.15) is 42.4 Å². The van der Waals surface area contributed by atoms with Crippen LogP contribution in [0.15, 0.2) is 78.9 Å². The quantitative estimate of drug-likeness (QED) is 0.185. The number of phenolic OH excluding ortho intramolecular Hbond substituents is 1. The van der Waals surface area contributed by atoms with Crippen molar-refractivity contribution in [3.63, 3.8) is 0 Å². The van der Waals surface area contributed by atoms with Crippen LogP contribution in [0.5, 0.6) is 17.2 Å². The number of rotatable bonds is 5. The van der Waals surface area contributed by atoms with Gasteiger partial charge in [-0.3, -0.25) is 24.3 Å². The number of ether oxygens (including phenoxy) is 1. The van der Waals surface area contributed by atoms with Crippen molar-refractivity contribution < 1.29 is 29.0 Å². The molecule has 2 aliphatic heterocycles. The number of nitrogens with zero attached hydrogens (tertiary/aromatic N) is 1. The van der Waals surface area contributed by atoms with Crippen molar-refractivity contribution >= 4 is 23.6 Å². The first-order valence-corrected chi connectivity index (χ1v) is 15.0. The highest BCUT2D eigenvalue weighted by Gasteiger charge is 2.30. The van der Waals surface area contributed by atoms with Crippen LogP contribution in [0.25, 0.3) is 11.3 Å². The van der Waals surface area contributed by atoms with Gasteiger partial charge in [0.15, 0.2) is 0 Å². The Balaban J connectivity index is 1.38. The van der Waals surface area contributed by atoms with Gasteiger partial charge in [0.05, 0.1) is 23.5 Å². The second kappa shape index (κ2) is 14.0. The lowest BCUT2D eigenvalue weighted by Gasteiger charge is -2.25. The summed E-state index contributed by atoms with van der Waals surface area (Å²) in [5.41, 5.74) is 3.02. The molecule has 2 aliphatic rings. The lowest BCUT2D eigenvalue weighted by Crippen LogP contribution is -2.57. The van der Waals surface area contributed by atoms with E-state index in [-0.39, 0.29) is 30.2 Å². The summed E-state index contributed by atoms with van der Waals surface area (Å²) >= 11 is 0. The first-order valence-electron chi connectivity index (χ1n) is 15.0. The van der Waals surface area contributed by atoms with Gasteiger partial charge in [-0.05, 0) is 54.8 Å². The number of fused-ring (bicyclic) bond motifs is 11. The zero-order valence-corrected chi connectivity index (χ0v) is 25.7. The molecule has 3 heterocycles. The maximum atomic E-state index is 13.5. The maximum Gasteiger partial charge on any atom is 0.255 e. The zero-order chi connectivity index (χ0) is 32.8. The predicted octanol–water partition coefficient (Wildman–Crippen LogP) is 3.19. The Labute approximate surface area is 265 Å². The molecular weight excluding hydrogens is 588 g/mol. The molecule has 3 atom stereocenters. The molecule has 0 radical (unpaired) electrons. The van der Waals surface area contributed by atoms with Crippen LogP contribution in [-0.2, 0) is 27.3 Å². The molecule has 3 aromatic carbocycles. The number of carbonyl (C=O) groups excluding carboxylic acids is 4. The molecule has 0 saturated carbocycles. The van der Waals surface area contributed by atoms with Crippen LogP contribution in [-0.4, -0.2) is 57.1 Å². The highest BCUT2D eigenvalue weighted by atomic mass is 16.5. The summed E-state index contributed by atoms with van der Waals surface area (Å²) in [4.78, 5) is 53.1. The number of hydrogen-bond acceptors (Lipinski definition) is 7. The van der Waals surface area contributed by atoms with Crippen molar-refractivity contribution in [1.82, 2.24) is 31.5 Å². The van der Waals surface area contributed by atoms with Crippen molar-refractivity contribution in [1.29, 1.82) is 0 Å². The summed E-state index contributed by atoms with van der Waals surface area (Å²) in [6.45, 7) is 5.13. The summed E-state index contributed by atoms with van der Waals surface area (Å²) in [6, 6.07) is 19.6. The van der Waals surface area contributed by atoms with Gasteiger partial charge < -0.3 is 31.1 Å². The van der Waals surface area contributed by atoms with Crippen molar-refractivity contribution in [3.05, 3.63) is 95.7 Å². The molecule has 46 heavy (non-hydrogen) atoms. The van der Waals surface area contributed by atoms with Gasteiger partial charge in [0, 0.05) is 12.0 Å². The standard InChI is InChI=1S/C34H36N6O6/c1-19(2)30-34(45)36-20(3)31(42)37-28(33(44)35-18-23-16-27(40-39-23)22-7-5-4-6-8-22)15-21-9-11-24(12-10-21)46-25-13-14-29(41)26(17-25)32(43)38-30/h4-14,16-17,19-20,28,30,41H,15,18H2,1-3H3,(H,35,44)(H,36,45)(H,37,42)(H,38,43)(H,39,40)/t20-,28+,30-/m0/s1. The first-order chi connectivity index (χ1) is 22.1. The number of phenols is 1. The summed E-state index contributed by atoms with van der Waals surface area (Å²) in [5, 5.41) is 28.6. The average molecular weight is 625 g/mol. The molecule has 12 heteroatoms. The summed E-state index contributed by atoms with van der Waals surface area (Å²) in [5.74, 6) is -2.17. The van der Waals surface area contributed by atoms with E-state index in [1.807, 2.05) is 36.4 Å². The van der Waals surface area contributed by atoms with Crippen molar-refractivity contribution in [2.45, 2.75) is 51.9 Å². The first kappa shape index (κ1) is 31.8. The Morgan fingerprint density at radius 3 is 2.37 bits per heavy atom. The Kier molecular flexibility index (Phi) is 9.65. The van der Waals surface area contributed by atoms with Gasteiger partial charge in [-0.25, -0.2) is 0 Å². The van der Waals surface area contributed by atoms with Gasteiger partial charge >= 0.3 is 0 Å². The number of amides is 4. The third-order valence-corrected chi connectivity index (χ3v) is 7.59. The Morgan fingerprint density at radius 1 is 0.935 bits per heavy atom. The number of carbonyl (C=O) groups is 4. The fourth-order valence-corrected chi connectivity index (χ4v) is 4.97. The third kappa shape index (κ3) is 7.70. The van der Waals surface area contributed by atoms with Crippen LogP contribution >= 0.6 is 0 Å². The van der Waals surface area contributed by atoms with Crippen LogP contribution in [0.2, 0.25) is 0 Å². The molecule has 4 aromatic rings. The topological polar surface area (TPSA) is 175 Å². The number of nitrogens with one attached hydrogen (secondary N) is 5. The molecule has 0 aliphatic carbocycles. The molecule has 0 unspecified atom stereocenters. The van der Waals surface area contributed by atoms with Gasteiger partial charge in [-0.15, -0.1) is 0 Å². The number of benzene rings is 3. The molecule has 1 aromatic heterocycles. The number of aromatic nitrogens is 2. The number of H-pyrrole nitrogens is 1. The van der Waals surface area contributed by atoms with E-state index in [4.69, 9.17) is 4.74 Å². The van der Waals surface area contributed by atoms with Crippen LogP contribution in [0.4, 0.5) is 0 Å². The van der Waals surface area contributed by atoms with E-state index in [0.29, 0.717) is 17.2 Å². The molecule has 6 rings (SSSR count). The molecule has 0 spiro atoms. The molecule has 6 N–H and O–H groups in total. The van der Waals surface area contributed by atoms with E-state index >= 15 is 0 Å². The van der Waals surface area contributed by atoms with E-state index in [9.17, 15) is 24.3 Å². The van der Waals surface area contributed by atoms with E-state index in [2.05, 4.69) is 31.5 Å².